The van der Waals surface area contributed by atoms with Gasteiger partial charge in [-0.05, 0) is 0 Å². The molecule has 1 aliphatic rings. The molecule has 0 atom stereocenters. The molecule has 0 radical (unpaired) electrons. The summed E-state index contributed by atoms with van der Waals surface area (Å²) in [5, 5.41) is 16.3. The maximum atomic E-state index is 12.0. The van der Waals surface area contributed by atoms with E-state index in [1.807, 2.05) is 4.57 Å². The Labute approximate surface area is 104 Å². The SMILES string of the molecule is CN(CCC(=O)O)C(=O)N1CCn2cnnc2C1. The smallest absolute Gasteiger partial charge is 0.320 e. The molecule has 0 saturated heterocycles. The lowest BCUT2D eigenvalue weighted by molar-refractivity contribution is -0.137. The van der Waals surface area contributed by atoms with E-state index < -0.39 is 5.97 Å². The Morgan fingerprint density at radius 1 is 1.50 bits per heavy atom. The largest absolute Gasteiger partial charge is 0.481 e. The molecular weight excluding hydrogens is 238 g/mol. The number of rotatable bonds is 3. The highest BCUT2D eigenvalue weighted by molar-refractivity contribution is 5.75. The van der Waals surface area contributed by atoms with Gasteiger partial charge in [-0.3, -0.25) is 4.79 Å². The van der Waals surface area contributed by atoms with Crippen LogP contribution in [0.5, 0.6) is 0 Å². The Morgan fingerprint density at radius 2 is 2.28 bits per heavy atom. The van der Waals surface area contributed by atoms with Crippen LogP contribution in [0.3, 0.4) is 0 Å². The highest BCUT2D eigenvalue weighted by atomic mass is 16.4. The van der Waals surface area contributed by atoms with E-state index in [-0.39, 0.29) is 19.0 Å². The van der Waals surface area contributed by atoms with Gasteiger partial charge in [0.2, 0.25) is 0 Å². The van der Waals surface area contributed by atoms with Crippen molar-refractivity contribution in [1.29, 1.82) is 0 Å². The van der Waals surface area contributed by atoms with Crippen molar-refractivity contribution in [2.45, 2.75) is 19.5 Å². The van der Waals surface area contributed by atoms with Crippen molar-refractivity contribution in [2.75, 3.05) is 20.1 Å². The van der Waals surface area contributed by atoms with E-state index in [2.05, 4.69) is 10.2 Å². The predicted octanol–water partition coefficient (Wildman–Crippen LogP) is -0.380. The van der Waals surface area contributed by atoms with E-state index in [0.29, 0.717) is 19.6 Å². The van der Waals surface area contributed by atoms with E-state index in [4.69, 9.17) is 5.11 Å². The number of aromatic nitrogens is 3. The number of urea groups is 1. The summed E-state index contributed by atoms with van der Waals surface area (Å²) < 4.78 is 1.90. The topological polar surface area (TPSA) is 91.6 Å². The first-order chi connectivity index (χ1) is 8.58. The quantitative estimate of drug-likeness (QED) is 0.792. The maximum absolute atomic E-state index is 12.0. The fraction of sp³-hybridized carbons (Fsp3) is 0.600. The van der Waals surface area contributed by atoms with Crippen molar-refractivity contribution in [3.8, 4) is 0 Å². The number of carboxylic acids is 1. The summed E-state index contributed by atoms with van der Waals surface area (Å²) in [7, 11) is 1.60. The minimum absolute atomic E-state index is 0.0493. The van der Waals surface area contributed by atoms with Crippen molar-refractivity contribution in [3.05, 3.63) is 12.2 Å². The molecule has 1 aromatic rings. The zero-order chi connectivity index (χ0) is 13.1. The molecule has 0 saturated carbocycles. The number of aliphatic carboxylic acids is 1. The van der Waals surface area contributed by atoms with E-state index in [1.54, 1.807) is 18.3 Å². The molecule has 0 aliphatic carbocycles. The number of fused-ring (bicyclic) bond motifs is 1. The first-order valence-electron chi connectivity index (χ1n) is 5.66. The van der Waals surface area contributed by atoms with Gasteiger partial charge < -0.3 is 19.5 Å². The predicted molar refractivity (Wildman–Crippen MR) is 60.7 cm³/mol. The number of carboxylic acid groups (broad SMARTS) is 1. The van der Waals surface area contributed by atoms with Gasteiger partial charge >= 0.3 is 12.0 Å². The summed E-state index contributed by atoms with van der Waals surface area (Å²) in [5.74, 6) is -0.158. The molecule has 8 nitrogen and oxygen atoms in total. The fourth-order valence-electron chi connectivity index (χ4n) is 1.83. The number of hydrogen-bond donors (Lipinski definition) is 1. The van der Waals surface area contributed by atoms with Crippen LogP contribution in [0.2, 0.25) is 0 Å². The molecule has 0 unspecified atom stereocenters. The molecule has 0 bridgehead atoms. The van der Waals surface area contributed by atoms with Gasteiger partial charge in [-0.25, -0.2) is 4.79 Å². The Morgan fingerprint density at radius 3 is 3.00 bits per heavy atom. The van der Waals surface area contributed by atoms with Gasteiger partial charge in [0, 0.05) is 26.7 Å². The number of carbonyl (C=O) groups is 2. The van der Waals surface area contributed by atoms with Crippen LogP contribution in [0.15, 0.2) is 6.33 Å². The number of hydrogen-bond acceptors (Lipinski definition) is 4. The second-order valence-electron chi connectivity index (χ2n) is 4.21. The lowest BCUT2D eigenvalue weighted by Crippen LogP contribution is -2.45. The zero-order valence-corrected chi connectivity index (χ0v) is 10.1. The average molecular weight is 253 g/mol. The van der Waals surface area contributed by atoms with Gasteiger partial charge in [0.05, 0.1) is 13.0 Å². The maximum Gasteiger partial charge on any atom is 0.320 e. The first kappa shape index (κ1) is 12.3. The third-order valence-corrected chi connectivity index (χ3v) is 2.90. The van der Waals surface area contributed by atoms with Gasteiger partial charge in [0.25, 0.3) is 0 Å². The lowest BCUT2D eigenvalue weighted by atomic mass is 10.3. The molecule has 2 amide bonds. The van der Waals surface area contributed by atoms with Crippen LogP contribution in [0, 0.1) is 0 Å². The fourth-order valence-corrected chi connectivity index (χ4v) is 1.83. The molecule has 8 heteroatoms. The van der Waals surface area contributed by atoms with Crippen LogP contribution in [-0.4, -0.2) is 61.8 Å². The molecule has 98 valence electrons. The minimum Gasteiger partial charge on any atom is -0.481 e. The summed E-state index contributed by atoms with van der Waals surface area (Å²) in [6, 6.07) is -0.175. The van der Waals surface area contributed by atoms with E-state index in [0.717, 1.165) is 5.82 Å². The summed E-state index contributed by atoms with van der Waals surface area (Å²) in [5.41, 5.74) is 0. The van der Waals surface area contributed by atoms with Crippen molar-refractivity contribution >= 4 is 12.0 Å². The second-order valence-corrected chi connectivity index (χ2v) is 4.21. The second kappa shape index (κ2) is 5.03. The number of nitrogens with zero attached hydrogens (tertiary/aromatic N) is 5. The van der Waals surface area contributed by atoms with Gasteiger partial charge in [0.1, 0.15) is 6.33 Å². The average Bonchev–Trinajstić information content (AvgIpc) is 2.81. The molecule has 1 aromatic heterocycles. The van der Waals surface area contributed by atoms with Crippen molar-refractivity contribution in [2.24, 2.45) is 0 Å². The molecule has 2 heterocycles. The van der Waals surface area contributed by atoms with Crippen LogP contribution < -0.4 is 0 Å². The normalized spacial score (nSPS) is 14.2. The summed E-state index contributed by atoms with van der Waals surface area (Å²) in [6.45, 7) is 1.87. The molecule has 2 rings (SSSR count). The molecule has 0 aromatic carbocycles. The highest BCUT2D eigenvalue weighted by Gasteiger charge is 2.24. The first-order valence-corrected chi connectivity index (χ1v) is 5.66. The third-order valence-electron chi connectivity index (χ3n) is 2.90. The summed E-state index contributed by atoms with van der Waals surface area (Å²) in [6.07, 6.45) is 1.59. The van der Waals surface area contributed by atoms with Crippen LogP contribution >= 0.6 is 0 Å². The van der Waals surface area contributed by atoms with Crippen LogP contribution in [-0.2, 0) is 17.9 Å². The van der Waals surface area contributed by atoms with Crippen molar-refractivity contribution in [1.82, 2.24) is 24.6 Å². The molecular formula is C10H15N5O3. The zero-order valence-electron chi connectivity index (χ0n) is 10.1. The molecule has 18 heavy (non-hydrogen) atoms. The molecule has 1 N–H and O–H groups in total. The molecule has 0 fully saturated rings. The number of amides is 2. The lowest BCUT2D eigenvalue weighted by Gasteiger charge is -2.30. The monoisotopic (exact) mass is 253 g/mol. The van der Waals surface area contributed by atoms with Crippen LogP contribution in [0.25, 0.3) is 0 Å². The van der Waals surface area contributed by atoms with Crippen molar-refractivity contribution in [3.63, 3.8) is 0 Å². The number of carbonyl (C=O) groups excluding carboxylic acids is 1. The van der Waals surface area contributed by atoms with E-state index >= 15 is 0 Å². The van der Waals surface area contributed by atoms with Gasteiger partial charge in [-0.2, -0.15) is 0 Å². The summed E-state index contributed by atoms with van der Waals surface area (Å²) in [4.78, 5) is 25.6. The Bertz CT molecular complexity index is 458. The molecule has 1 aliphatic heterocycles. The van der Waals surface area contributed by atoms with Gasteiger partial charge in [-0.1, -0.05) is 0 Å². The molecule has 0 spiro atoms. The standard InChI is InChI=1S/C10H15N5O3/c1-13(3-2-9(16)17)10(18)14-4-5-15-7-11-12-8(15)6-14/h7H,2-6H2,1H3,(H,16,17). The van der Waals surface area contributed by atoms with Crippen molar-refractivity contribution < 1.29 is 14.7 Å². The third kappa shape index (κ3) is 2.58. The Hall–Kier alpha value is -2.12. The van der Waals surface area contributed by atoms with Gasteiger partial charge in [-0.15, -0.1) is 10.2 Å². The van der Waals surface area contributed by atoms with Crippen LogP contribution in [0.1, 0.15) is 12.2 Å². The van der Waals surface area contributed by atoms with E-state index in [1.165, 1.54) is 4.90 Å². The summed E-state index contributed by atoms with van der Waals surface area (Å²) >= 11 is 0. The van der Waals surface area contributed by atoms with Gasteiger partial charge in [0.15, 0.2) is 5.82 Å². The van der Waals surface area contributed by atoms with Crippen LogP contribution in [0.4, 0.5) is 4.79 Å². The Kier molecular flexibility index (Phi) is 3.45. The Balaban J connectivity index is 1.92. The van der Waals surface area contributed by atoms with E-state index in [9.17, 15) is 9.59 Å². The minimum atomic E-state index is -0.909. The highest BCUT2D eigenvalue weighted by Crippen LogP contribution is 2.11.